The van der Waals surface area contributed by atoms with Crippen LogP contribution in [-0.4, -0.2) is 49.0 Å². The van der Waals surface area contributed by atoms with Crippen molar-refractivity contribution in [3.8, 4) is 0 Å². The number of hydrogen-bond acceptors (Lipinski definition) is 2. The summed E-state index contributed by atoms with van der Waals surface area (Å²) in [6.45, 7) is 11.1. The van der Waals surface area contributed by atoms with Crippen molar-refractivity contribution in [3.63, 3.8) is 0 Å². The minimum absolute atomic E-state index is 0. The average Bonchev–Trinajstić information content (AvgIpc) is 2.84. The smallest absolute Gasteiger partial charge is 0.193 e. The molecule has 1 N–H and O–H groups in total. The summed E-state index contributed by atoms with van der Waals surface area (Å²) in [5.41, 5.74) is 0. The van der Waals surface area contributed by atoms with Gasteiger partial charge in [0.25, 0.3) is 0 Å². The molecular formula is C16H34IN3S. The van der Waals surface area contributed by atoms with E-state index in [0.717, 1.165) is 30.9 Å². The van der Waals surface area contributed by atoms with E-state index in [1.165, 1.54) is 44.5 Å². The van der Waals surface area contributed by atoms with Gasteiger partial charge >= 0.3 is 0 Å². The minimum Gasteiger partial charge on any atom is -0.357 e. The molecule has 0 aromatic heterocycles. The van der Waals surface area contributed by atoms with Crippen LogP contribution in [0.15, 0.2) is 4.99 Å². The quantitative estimate of drug-likeness (QED) is 0.274. The van der Waals surface area contributed by atoms with Gasteiger partial charge in [0.2, 0.25) is 0 Å². The first-order valence-electron chi connectivity index (χ1n) is 8.19. The molecule has 0 aromatic rings. The molecule has 1 heterocycles. The average molecular weight is 427 g/mol. The third kappa shape index (κ3) is 9.16. The summed E-state index contributed by atoms with van der Waals surface area (Å²) in [6, 6.07) is 0. The van der Waals surface area contributed by atoms with E-state index in [0.29, 0.717) is 0 Å². The van der Waals surface area contributed by atoms with Crippen LogP contribution in [0.5, 0.6) is 0 Å². The second kappa shape index (κ2) is 12.9. The molecule has 1 atom stereocenters. The molecule has 21 heavy (non-hydrogen) atoms. The third-order valence-corrected chi connectivity index (χ3v) is 4.44. The maximum absolute atomic E-state index is 4.80. The lowest BCUT2D eigenvalue weighted by molar-refractivity contribution is 0.403. The second-order valence-corrected chi connectivity index (χ2v) is 7.15. The van der Waals surface area contributed by atoms with E-state index in [-0.39, 0.29) is 24.0 Å². The number of hydrogen-bond donors (Lipinski definition) is 1. The van der Waals surface area contributed by atoms with Gasteiger partial charge in [0, 0.05) is 26.2 Å². The molecule has 1 rings (SSSR count). The monoisotopic (exact) mass is 427 g/mol. The van der Waals surface area contributed by atoms with E-state index in [1.807, 2.05) is 11.8 Å². The predicted octanol–water partition coefficient (Wildman–Crippen LogP) is 4.08. The minimum atomic E-state index is 0. The Morgan fingerprint density at radius 3 is 2.76 bits per heavy atom. The van der Waals surface area contributed by atoms with E-state index in [2.05, 4.69) is 37.2 Å². The van der Waals surface area contributed by atoms with Gasteiger partial charge in [0.05, 0.1) is 0 Å². The number of rotatable bonds is 8. The van der Waals surface area contributed by atoms with E-state index < -0.39 is 0 Å². The van der Waals surface area contributed by atoms with Crippen molar-refractivity contribution in [2.24, 2.45) is 16.8 Å². The van der Waals surface area contributed by atoms with Crippen LogP contribution >= 0.6 is 35.7 Å². The van der Waals surface area contributed by atoms with Crippen molar-refractivity contribution in [1.29, 1.82) is 0 Å². The fraction of sp³-hybridized carbons (Fsp3) is 0.938. The van der Waals surface area contributed by atoms with Crippen LogP contribution in [0.3, 0.4) is 0 Å². The van der Waals surface area contributed by atoms with Crippen molar-refractivity contribution >= 4 is 41.7 Å². The Balaban J connectivity index is 0.00000400. The van der Waals surface area contributed by atoms with Crippen LogP contribution in [0.4, 0.5) is 0 Å². The van der Waals surface area contributed by atoms with Crippen molar-refractivity contribution in [3.05, 3.63) is 0 Å². The van der Waals surface area contributed by atoms with Crippen LogP contribution in [-0.2, 0) is 0 Å². The highest BCUT2D eigenvalue weighted by atomic mass is 127. The van der Waals surface area contributed by atoms with E-state index in [4.69, 9.17) is 4.99 Å². The second-order valence-electron chi connectivity index (χ2n) is 6.17. The van der Waals surface area contributed by atoms with E-state index in [9.17, 15) is 0 Å². The Hall–Kier alpha value is 0.350. The van der Waals surface area contributed by atoms with Crippen LogP contribution < -0.4 is 5.32 Å². The number of guanidine groups is 1. The van der Waals surface area contributed by atoms with Gasteiger partial charge in [-0.05, 0) is 56.5 Å². The number of nitrogens with zero attached hydrogens (tertiary/aromatic N) is 2. The SMILES string of the molecule is CCNC(=NCCCCSC)N1CCC(CC(C)C)C1.I. The van der Waals surface area contributed by atoms with Gasteiger partial charge in [0.1, 0.15) is 0 Å². The summed E-state index contributed by atoms with van der Waals surface area (Å²) in [4.78, 5) is 7.27. The fourth-order valence-corrected chi connectivity index (χ4v) is 3.35. The maximum Gasteiger partial charge on any atom is 0.193 e. The summed E-state index contributed by atoms with van der Waals surface area (Å²) >= 11 is 1.93. The number of unbranched alkanes of at least 4 members (excludes halogenated alkanes) is 1. The van der Waals surface area contributed by atoms with Gasteiger partial charge in [-0.15, -0.1) is 24.0 Å². The largest absolute Gasteiger partial charge is 0.357 e. The van der Waals surface area contributed by atoms with Crippen LogP contribution in [0.25, 0.3) is 0 Å². The molecule has 3 nitrogen and oxygen atoms in total. The molecule has 0 bridgehead atoms. The lowest BCUT2D eigenvalue weighted by atomic mass is 9.97. The van der Waals surface area contributed by atoms with Gasteiger partial charge in [-0.3, -0.25) is 4.99 Å². The molecule has 1 aliphatic heterocycles. The lowest BCUT2D eigenvalue weighted by Crippen LogP contribution is -2.40. The predicted molar refractivity (Wildman–Crippen MR) is 108 cm³/mol. The zero-order valence-corrected chi connectivity index (χ0v) is 17.4. The first-order chi connectivity index (χ1) is 9.67. The van der Waals surface area contributed by atoms with Crippen molar-refractivity contribution in [2.45, 2.75) is 46.5 Å². The highest BCUT2D eigenvalue weighted by Crippen LogP contribution is 2.23. The number of halogens is 1. The molecule has 0 amide bonds. The van der Waals surface area contributed by atoms with Crippen molar-refractivity contribution in [2.75, 3.05) is 38.2 Å². The summed E-state index contributed by atoms with van der Waals surface area (Å²) in [5, 5.41) is 3.46. The van der Waals surface area contributed by atoms with Gasteiger partial charge < -0.3 is 10.2 Å². The van der Waals surface area contributed by atoms with Crippen LogP contribution in [0.2, 0.25) is 0 Å². The lowest BCUT2D eigenvalue weighted by Gasteiger charge is -2.22. The Morgan fingerprint density at radius 1 is 1.38 bits per heavy atom. The molecular weight excluding hydrogens is 393 g/mol. The van der Waals surface area contributed by atoms with Gasteiger partial charge in [-0.25, -0.2) is 0 Å². The molecule has 1 fully saturated rings. The van der Waals surface area contributed by atoms with Gasteiger partial charge in [0.15, 0.2) is 5.96 Å². The molecule has 0 spiro atoms. The highest BCUT2D eigenvalue weighted by molar-refractivity contribution is 14.0. The Labute approximate surface area is 153 Å². The summed E-state index contributed by atoms with van der Waals surface area (Å²) in [5.74, 6) is 4.07. The summed E-state index contributed by atoms with van der Waals surface area (Å²) < 4.78 is 0. The first kappa shape index (κ1) is 21.4. The third-order valence-electron chi connectivity index (χ3n) is 3.74. The van der Waals surface area contributed by atoms with E-state index >= 15 is 0 Å². The number of thioether (sulfide) groups is 1. The molecule has 0 radical (unpaired) electrons. The maximum atomic E-state index is 4.80. The Bertz CT molecular complexity index is 285. The fourth-order valence-electron chi connectivity index (χ4n) is 2.85. The molecule has 0 aliphatic carbocycles. The van der Waals surface area contributed by atoms with Crippen molar-refractivity contribution < 1.29 is 0 Å². The van der Waals surface area contributed by atoms with Gasteiger partial charge in [-0.2, -0.15) is 11.8 Å². The number of likely N-dealkylation sites (tertiary alicyclic amines) is 1. The van der Waals surface area contributed by atoms with Crippen LogP contribution in [0.1, 0.15) is 46.5 Å². The van der Waals surface area contributed by atoms with Crippen molar-refractivity contribution in [1.82, 2.24) is 10.2 Å². The number of aliphatic imine (C=N–C) groups is 1. The highest BCUT2D eigenvalue weighted by Gasteiger charge is 2.25. The zero-order valence-electron chi connectivity index (χ0n) is 14.2. The standard InChI is InChI=1S/C16H33N3S.HI/c1-5-17-16(18-9-6-7-11-20-4)19-10-8-15(13-19)12-14(2)3;/h14-15H,5-13H2,1-4H3,(H,17,18);1H. The Morgan fingerprint density at radius 2 is 2.14 bits per heavy atom. The molecule has 1 unspecified atom stereocenters. The molecule has 1 aliphatic rings. The zero-order chi connectivity index (χ0) is 14.8. The molecule has 126 valence electrons. The molecule has 0 aromatic carbocycles. The van der Waals surface area contributed by atoms with E-state index in [1.54, 1.807) is 0 Å². The normalized spacial score (nSPS) is 19.0. The molecule has 0 saturated carbocycles. The van der Waals surface area contributed by atoms with Crippen LogP contribution in [0, 0.1) is 11.8 Å². The number of nitrogens with one attached hydrogen (secondary N) is 1. The van der Waals surface area contributed by atoms with Gasteiger partial charge in [-0.1, -0.05) is 13.8 Å². The Kier molecular flexibility index (Phi) is 13.1. The summed E-state index contributed by atoms with van der Waals surface area (Å²) in [6.07, 6.45) is 7.34. The first-order valence-corrected chi connectivity index (χ1v) is 9.59. The molecule has 5 heteroatoms. The summed E-state index contributed by atoms with van der Waals surface area (Å²) in [7, 11) is 0. The molecule has 1 saturated heterocycles. The topological polar surface area (TPSA) is 27.6 Å².